The van der Waals surface area contributed by atoms with E-state index in [2.05, 4.69) is 33.5 Å². The zero-order valence-electron chi connectivity index (χ0n) is 15.3. The van der Waals surface area contributed by atoms with Crippen molar-refractivity contribution in [2.24, 2.45) is 5.73 Å². The number of nitrogens with zero attached hydrogens (tertiary/aromatic N) is 3. The SMILES string of the molecule is CC(NC(=O)c1ccnc(N2CC[C@@H](N)C2)n1)c1cccc2ccccc12. The summed E-state index contributed by atoms with van der Waals surface area (Å²) < 4.78 is 0. The zero-order chi connectivity index (χ0) is 18.8. The molecule has 0 spiro atoms. The van der Waals surface area contributed by atoms with E-state index >= 15 is 0 Å². The van der Waals surface area contributed by atoms with Crippen LogP contribution in [0.25, 0.3) is 10.8 Å². The van der Waals surface area contributed by atoms with Gasteiger partial charge in [0.1, 0.15) is 5.69 Å². The molecule has 1 fully saturated rings. The van der Waals surface area contributed by atoms with Gasteiger partial charge in [-0.2, -0.15) is 0 Å². The summed E-state index contributed by atoms with van der Waals surface area (Å²) in [5.74, 6) is 0.357. The maximum absolute atomic E-state index is 12.8. The lowest BCUT2D eigenvalue weighted by Gasteiger charge is -2.18. The van der Waals surface area contributed by atoms with Crippen molar-refractivity contribution in [2.75, 3.05) is 18.0 Å². The minimum atomic E-state index is -0.206. The molecule has 3 N–H and O–H groups in total. The molecule has 1 unspecified atom stereocenters. The van der Waals surface area contributed by atoms with Gasteiger partial charge in [-0.3, -0.25) is 4.79 Å². The smallest absolute Gasteiger partial charge is 0.270 e. The van der Waals surface area contributed by atoms with Gasteiger partial charge in [-0.25, -0.2) is 9.97 Å². The second kappa shape index (κ2) is 7.32. The van der Waals surface area contributed by atoms with E-state index in [0.717, 1.165) is 35.8 Å². The van der Waals surface area contributed by atoms with Crippen molar-refractivity contribution in [3.63, 3.8) is 0 Å². The molecule has 2 heterocycles. The van der Waals surface area contributed by atoms with Gasteiger partial charge < -0.3 is 16.0 Å². The van der Waals surface area contributed by atoms with Crippen LogP contribution in [0.1, 0.15) is 35.4 Å². The molecular weight excluding hydrogens is 338 g/mol. The fraction of sp³-hybridized carbons (Fsp3) is 0.286. The maximum atomic E-state index is 12.8. The molecule has 2 aromatic carbocycles. The highest BCUT2D eigenvalue weighted by Gasteiger charge is 2.22. The third-order valence-electron chi connectivity index (χ3n) is 5.02. The van der Waals surface area contributed by atoms with E-state index in [1.54, 1.807) is 12.3 Å². The summed E-state index contributed by atoms with van der Waals surface area (Å²) in [6.45, 7) is 3.53. The van der Waals surface area contributed by atoms with Gasteiger partial charge in [0.25, 0.3) is 5.91 Å². The summed E-state index contributed by atoms with van der Waals surface area (Å²) in [6, 6.07) is 16.0. The third kappa shape index (κ3) is 3.61. The zero-order valence-corrected chi connectivity index (χ0v) is 15.3. The van der Waals surface area contributed by atoms with E-state index in [4.69, 9.17) is 5.73 Å². The average molecular weight is 361 g/mol. The number of nitrogens with two attached hydrogens (primary N) is 1. The average Bonchev–Trinajstić information content (AvgIpc) is 3.14. The number of fused-ring (bicyclic) bond motifs is 1. The topological polar surface area (TPSA) is 84.1 Å². The second-order valence-corrected chi connectivity index (χ2v) is 7.00. The minimum absolute atomic E-state index is 0.137. The molecule has 0 saturated carbocycles. The van der Waals surface area contributed by atoms with Crippen molar-refractivity contribution in [3.05, 3.63) is 66.0 Å². The molecule has 0 bridgehead atoms. The molecule has 1 aliphatic rings. The molecule has 1 amide bonds. The van der Waals surface area contributed by atoms with Crippen molar-refractivity contribution >= 4 is 22.6 Å². The van der Waals surface area contributed by atoms with Gasteiger partial charge in [0.2, 0.25) is 5.95 Å². The molecule has 138 valence electrons. The number of anilines is 1. The molecule has 0 radical (unpaired) electrons. The number of benzene rings is 2. The normalized spacial score (nSPS) is 17.9. The molecule has 1 saturated heterocycles. The maximum Gasteiger partial charge on any atom is 0.270 e. The van der Waals surface area contributed by atoms with Crippen LogP contribution in [-0.4, -0.2) is 35.0 Å². The molecule has 6 heteroatoms. The molecule has 2 atom stereocenters. The van der Waals surface area contributed by atoms with Crippen molar-refractivity contribution in [2.45, 2.75) is 25.4 Å². The Balaban J connectivity index is 1.53. The third-order valence-corrected chi connectivity index (χ3v) is 5.02. The van der Waals surface area contributed by atoms with E-state index in [9.17, 15) is 4.79 Å². The molecule has 27 heavy (non-hydrogen) atoms. The van der Waals surface area contributed by atoms with E-state index < -0.39 is 0 Å². The Morgan fingerprint density at radius 1 is 1.22 bits per heavy atom. The Bertz CT molecular complexity index is 968. The Labute approximate surface area is 158 Å². The first-order valence-corrected chi connectivity index (χ1v) is 9.24. The number of nitrogens with one attached hydrogen (secondary N) is 1. The summed E-state index contributed by atoms with van der Waals surface area (Å²) in [7, 11) is 0. The van der Waals surface area contributed by atoms with Gasteiger partial charge in [0.15, 0.2) is 0 Å². The van der Waals surface area contributed by atoms with Crippen molar-refractivity contribution < 1.29 is 4.79 Å². The molecule has 0 aliphatic carbocycles. The monoisotopic (exact) mass is 361 g/mol. The summed E-state index contributed by atoms with van der Waals surface area (Å²) in [6.07, 6.45) is 2.54. The van der Waals surface area contributed by atoms with Gasteiger partial charge in [-0.1, -0.05) is 42.5 Å². The van der Waals surface area contributed by atoms with Gasteiger partial charge in [0, 0.05) is 25.3 Å². The van der Waals surface area contributed by atoms with Gasteiger partial charge in [-0.15, -0.1) is 0 Å². The van der Waals surface area contributed by atoms with Crippen LogP contribution in [0.2, 0.25) is 0 Å². The number of hydrogen-bond donors (Lipinski definition) is 2. The summed E-state index contributed by atoms with van der Waals surface area (Å²) in [4.78, 5) is 23.5. The van der Waals surface area contributed by atoms with Crippen LogP contribution in [-0.2, 0) is 0 Å². The predicted octanol–water partition coefficient (Wildman–Crippen LogP) is 2.66. The molecule has 4 rings (SSSR count). The molecule has 6 nitrogen and oxygen atoms in total. The molecule has 1 aliphatic heterocycles. The highest BCUT2D eigenvalue weighted by atomic mass is 16.1. The first-order chi connectivity index (χ1) is 13.1. The second-order valence-electron chi connectivity index (χ2n) is 7.00. The number of aromatic nitrogens is 2. The van der Waals surface area contributed by atoms with Crippen molar-refractivity contribution in [1.82, 2.24) is 15.3 Å². The van der Waals surface area contributed by atoms with Crippen LogP contribution in [0, 0.1) is 0 Å². The number of carbonyl (C=O) groups is 1. The van der Waals surface area contributed by atoms with Crippen LogP contribution >= 0.6 is 0 Å². The van der Waals surface area contributed by atoms with E-state index in [-0.39, 0.29) is 18.0 Å². The lowest BCUT2D eigenvalue weighted by atomic mass is 9.99. The van der Waals surface area contributed by atoms with Crippen LogP contribution < -0.4 is 16.0 Å². The highest BCUT2D eigenvalue weighted by Crippen LogP contribution is 2.24. The number of hydrogen-bond acceptors (Lipinski definition) is 5. The number of carbonyl (C=O) groups excluding carboxylic acids is 1. The Morgan fingerprint density at radius 3 is 2.85 bits per heavy atom. The van der Waals surface area contributed by atoms with E-state index in [1.807, 2.05) is 36.1 Å². The van der Waals surface area contributed by atoms with Crippen LogP contribution in [0.15, 0.2) is 54.7 Å². The summed E-state index contributed by atoms with van der Waals surface area (Å²) >= 11 is 0. The Morgan fingerprint density at radius 2 is 2.04 bits per heavy atom. The Kier molecular flexibility index (Phi) is 4.73. The van der Waals surface area contributed by atoms with E-state index in [1.165, 1.54) is 0 Å². The molecular formula is C21H23N5O. The Hall–Kier alpha value is -2.99. The predicted molar refractivity (Wildman–Crippen MR) is 107 cm³/mol. The fourth-order valence-corrected chi connectivity index (χ4v) is 3.57. The molecule has 3 aromatic rings. The minimum Gasteiger partial charge on any atom is -0.344 e. The van der Waals surface area contributed by atoms with Crippen LogP contribution in [0.5, 0.6) is 0 Å². The summed E-state index contributed by atoms with van der Waals surface area (Å²) in [5.41, 5.74) is 7.41. The van der Waals surface area contributed by atoms with Crippen molar-refractivity contribution in [3.8, 4) is 0 Å². The first kappa shape index (κ1) is 17.4. The largest absolute Gasteiger partial charge is 0.344 e. The van der Waals surface area contributed by atoms with Gasteiger partial charge in [0.05, 0.1) is 6.04 Å². The lowest BCUT2D eigenvalue weighted by molar-refractivity contribution is 0.0935. The van der Waals surface area contributed by atoms with Gasteiger partial charge >= 0.3 is 0 Å². The lowest BCUT2D eigenvalue weighted by Crippen LogP contribution is -2.30. The summed E-state index contributed by atoms with van der Waals surface area (Å²) in [5, 5.41) is 5.36. The van der Waals surface area contributed by atoms with Crippen molar-refractivity contribution in [1.29, 1.82) is 0 Å². The van der Waals surface area contributed by atoms with Crippen LogP contribution in [0.4, 0.5) is 5.95 Å². The first-order valence-electron chi connectivity index (χ1n) is 9.24. The van der Waals surface area contributed by atoms with E-state index in [0.29, 0.717) is 11.6 Å². The van der Waals surface area contributed by atoms with Crippen LogP contribution in [0.3, 0.4) is 0 Å². The standard InChI is InChI=1S/C21H23N5O/c1-14(17-8-4-6-15-5-2-3-7-18(15)17)24-20(27)19-9-11-23-21(25-19)26-12-10-16(22)13-26/h2-9,11,14,16H,10,12-13,22H2,1H3,(H,24,27)/t14?,16-/m1/s1. The quantitative estimate of drug-likeness (QED) is 0.746. The fourth-order valence-electron chi connectivity index (χ4n) is 3.57. The number of amides is 1. The number of rotatable bonds is 4. The molecule has 1 aromatic heterocycles. The van der Waals surface area contributed by atoms with Gasteiger partial charge in [-0.05, 0) is 35.7 Å². The highest BCUT2D eigenvalue weighted by molar-refractivity contribution is 5.93.